The summed E-state index contributed by atoms with van der Waals surface area (Å²) in [5.74, 6) is 0.580. The van der Waals surface area contributed by atoms with Crippen molar-refractivity contribution in [2.24, 2.45) is 0 Å². The molecule has 0 unspecified atom stereocenters. The summed E-state index contributed by atoms with van der Waals surface area (Å²) in [7, 11) is 1.61. The van der Waals surface area contributed by atoms with Gasteiger partial charge in [-0.3, -0.25) is 14.3 Å². The Balaban J connectivity index is 1.40. The van der Waals surface area contributed by atoms with Gasteiger partial charge in [0.1, 0.15) is 5.52 Å². The van der Waals surface area contributed by atoms with Crippen molar-refractivity contribution in [3.8, 4) is 17.0 Å². The summed E-state index contributed by atoms with van der Waals surface area (Å²) in [6.07, 6.45) is 8.67. The highest BCUT2D eigenvalue weighted by Gasteiger charge is 2.26. The Kier molecular flexibility index (Phi) is 6.14. The predicted octanol–water partition coefficient (Wildman–Crippen LogP) is 5.08. The van der Waals surface area contributed by atoms with Gasteiger partial charge in [0.25, 0.3) is 5.56 Å². The molecule has 0 aliphatic heterocycles. The van der Waals surface area contributed by atoms with Crippen molar-refractivity contribution < 1.29 is 9.84 Å². The molecule has 3 aromatic heterocycles. The average molecular weight is 493 g/mol. The fourth-order valence-electron chi connectivity index (χ4n) is 5.44. The van der Waals surface area contributed by atoms with Crippen molar-refractivity contribution >= 4 is 21.8 Å². The molecule has 7 nitrogen and oxygen atoms in total. The number of hydrogen-bond donors (Lipinski definition) is 1. The largest absolute Gasteiger partial charge is 0.481 e. The molecular weight excluding hydrogens is 464 g/mol. The second-order valence-electron chi connectivity index (χ2n) is 9.67. The van der Waals surface area contributed by atoms with Gasteiger partial charge in [-0.1, -0.05) is 43.2 Å². The highest BCUT2D eigenvalue weighted by molar-refractivity contribution is 6.04. The van der Waals surface area contributed by atoms with Gasteiger partial charge < -0.3 is 9.84 Å². The molecule has 5 aromatic rings. The van der Waals surface area contributed by atoms with Gasteiger partial charge >= 0.3 is 0 Å². The number of hydrogen-bond acceptors (Lipinski definition) is 6. The number of aliphatic hydroxyl groups excluding tert-OH is 1. The third kappa shape index (κ3) is 4.36. The molecule has 1 saturated carbocycles. The molecule has 2 atom stereocenters. The maximum Gasteiger partial charge on any atom is 0.261 e. The van der Waals surface area contributed by atoms with Gasteiger partial charge in [-0.25, -0.2) is 9.97 Å². The molecule has 37 heavy (non-hydrogen) atoms. The number of ether oxygens (including phenoxy) is 1. The first-order valence-corrected chi connectivity index (χ1v) is 12.7. The summed E-state index contributed by atoms with van der Waals surface area (Å²) < 4.78 is 6.88. The van der Waals surface area contributed by atoms with Crippen LogP contribution >= 0.6 is 0 Å². The molecule has 1 N–H and O–H groups in total. The zero-order chi connectivity index (χ0) is 25.4. The lowest BCUT2D eigenvalue weighted by molar-refractivity contribution is 0.0735. The molecule has 1 fully saturated rings. The second-order valence-corrected chi connectivity index (χ2v) is 9.67. The van der Waals surface area contributed by atoms with Gasteiger partial charge in [0.05, 0.1) is 36.5 Å². The van der Waals surface area contributed by atoms with Crippen LogP contribution in [0, 0.1) is 0 Å². The summed E-state index contributed by atoms with van der Waals surface area (Å²) in [6, 6.07) is 17.9. The minimum atomic E-state index is -0.525. The van der Waals surface area contributed by atoms with E-state index < -0.39 is 6.10 Å². The van der Waals surface area contributed by atoms with Crippen molar-refractivity contribution in [1.29, 1.82) is 0 Å². The molecule has 2 aromatic carbocycles. The fraction of sp³-hybridized carbons (Fsp3) is 0.267. The number of rotatable bonds is 5. The van der Waals surface area contributed by atoms with E-state index >= 15 is 0 Å². The molecule has 0 radical (unpaired) electrons. The average Bonchev–Trinajstić information content (AvgIpc) is 2.95. The molecule has 0 spiro atoms. The van der Waals surface area contributed by atoms with Gasteiger partial charge in [0.2, 0.25) is 5.88 Å². The monoisotopic (exact) mass is 492 g/mol. The first-order valence-electron chi connectivity index (χ1n) is 12.7. The van der Waals surface area contributed by atoms with Crippen molar-refractivity contribution in [1.82, 2.24) is 19.5 Å². The Morgan fingerprint density at radius 3 is 2.54 bits per heavy atom. The minimum Gasteiger partial charge on any atom is -0.481 e. The van der Waals surface area contributed by atoms with E-state index in [1.165, 1.54) is 0 Å². The number of methoxy groups -OCH3 is 1. The second kappa shape index (κ2) is 9.75. The van der Waals surface area contributed by atoms with Crippen LogP contribution in [0.15, 0.2) is 78.1 Å². The van der Waals surface area contributed by atoms with Crippen molar-refractivity contribution in [2.45, 2.75) is 44.2 Å². The number of aliphatic hydroxyl groups is 1. The van der Waals surface area contributed by atoms with Crippen LogP contribution in [0.4, 0.5) is 0 Å². The van der Waals surface area contributed by atoms with Crippen LogP contribution in [0.2, 0.25) is 0 Å². The molecule has 7 heteroatoms. The number of aromatic nitrogens is 4. The van der Waals surface area contributed by atoms with Gasteiger partial charge in [0.15, 0.2) is 0 Å². The maximum absolute atomic E-state index is 13.6. The molecule has 0 amide bonds. The third-order valence-corrected chi connectivity index (χ3v) is 7.40. The molecule has 0 bridgehead atoms. The number of fused-ring (bicyclic) bond motifs is 3. The Morgan fingerprint density at radius 1 is 0.919 bits per heavy atom. The van der Waals surface area contributed by atoms with E-state index in [9.17, 15) is 9.90 Å². The molecule has 6 rings (SSSR count). The smallest absolute Gasteiger partial charge is 0.261 e. The van der Waals surface area contributed by atoms with E-state index in [0.717, 1.165) is 52.4 Å². The third-order valence-electron chi connectivity index (χ3n) is 7.40. The standard InChI is InChI=1S/C30H28N4O3/c1-37-27-17-21(12-14-31-27)20-10-8-19(9-11-20)15-22-16-24-29(28-23(22)5-4-13-32-28)33-18-34(30(24)36)25-6-2-3-7-26(25)35/h4-5,8-14,16-18,25-26,35H,2-3,6-7,15H2,1H3/t25-,26-/m0/s1. The lowest BCUT2D eigenvalue weighted by Gasteiger charge is -2.29. The first-order chi connectivity index (χ1) is 18.1. The summed E-state index contributed by atoms with van der Waals surface area (Å²) in [6.45, 7) is 0. The molecule has 186 valence electrons. The van der Waals surface area contributed by atoms with Crippen LogP contribution in [0.1, 0.15) is 42.9 Å². The van der Waals surface area contributed by atoms with E-state index in [4.69, 9.17) is 4.74 Å². The van der Waals surface area contributed by atoms with Crippen molar-refractivity contribution in [3.05, 3.63) is 94.8 Å². The van der Waals surface area contributed by atoms with E-state index in [1.807, 2.05) is 30.3 Å². The van der Waals surface area contributed by atoms with E-state index in [2.05, 4.69) is 39.2 Å². The van der Waals surface area contributed by atoms with Gasteiger partial charge in [-0.05, 0) is 59.7 Å². The van der Waals surface area contributed by atoms with Crippen molar-refractivity contribution in [2.75, 3.05) is 7.11 Å². The van der Waals surface area contributed by atoms with E-state index in [-0.39, 0.29) is 11.6 Å². The van der Waals surface area contributed by atoms with Crippen LogP contribution in [0.5, 0.6) is 5.88 Å². The summed E-state index contributed by atoms with van der Waals surface area (Å²) in [5.41, 5.74) is 5.47. The number of pyridine rings is 2. The van der Waals surface area contributed by atoms with Crippen LogP contribution in [0.3, 0.4) is 0 Å². The maximum atomic E-state index is 13.6. The quantitative estimate of drug-likeness (QED) is 0.344. The lowest BCUT2D eigenvalue weighted by atomic mass is 9.92. The number of benzene rings is 2. The Bertz CT molecular complexity index is 1650. The fourth-order valence-corrected chi connectivity index (χ4v) is 5.44. The lowest BCUT2D eigenvalue weighted by Crippen LogP contribution is -2.34. The highest BCUT2D eigenvalue weighted by atomic mass is 16.5. The van der Waals surface area contributed by atoms with Crippen LogP contribution in [-0.4, -0.2) is 37.8 Å². The van der Waals surface area contributed by atoms with Crippen LogP contribution in [-0.2, 0) is 6.42 Å². The normalized spacial score (nSPS) is 17.8. The van der Waals surface area contributed by atoms with E-state index in [1.54, 1.807) is 30.4 Å². The SMILES string of the molecule is COc1cc(-c2ccc(Cc3cc4c(=O)n([C@H]5CCCC[C@@H]5O)cnc4c4ncccc34)cc2)ccn1. The van der Waals surface area contributed by atoms with Gasteiger partial charge in [-0.2, -0.15) is 0 Å². The zero-order valence-corrected chi connectivity index (χ0v) is 20.7. The molecule has 3 heterocycles. The predicted molar refractivity (Wildman–Crippen MR) is 144 cm³/mol. The van der Waals surface area contributed by atoms with Crippen LogP contribution in [0.25, 0.3) is 32.9 Å². The Hall–Kier alpha value is -4.10. The topological polar surface area (TPSA) is 90.1 Å². The molecule has 1 aliphatic carbocycles. The first kappa shape index (κ1) is 23.3. The summed E-state index contributed by atoms with van der Waals surface area (Å²) >= 11 is 0. The summed E-state index contributed by atoms with van der Waals surface area (Å²) in [5, 5.41) is 12.1. The minimum absolute atomic E-state index is 0.119. The Morgan fingerprint density at radius 2 is 1.73 bits per heavy atom. The zero-order valence-electron chi connectivity index (χ0n) is 20.7. The van der Waals surface area contributed by atoms with Gasteiger partial charge in [-0.15, -0.1) is 0 Å². The van der Waals surface area contributed by atoms with Gasteiger partial charge in [0, 0.05) is 23.8 Å². The molecular formula is C30H28N4O3. The Labute approximate surface area is 214 Å². The van der Waals surface area contributed by atoms with Crippen LogP contribution < -0.4 is 10.3 Å². The molecule has 1 aliphatic rings. The molecule has 0 saturated heterocycles. The van der Waals surface area contributed by atoms with Crippen molar-refractivity contribution in [3.63, 3.8) is 0 Å². The highest BCUT2D eigenvalue weighted by Crippen LogP contribution is 2.30. The summed E-state index contributed by atoms with van der Waals surface area (Å²) in [4.78, 5) is 27.1. The van der Waals surface area contributed by atoms with E-state index in [0.29, 0.717) is 29.6 Å². The number of nitrogens with zero attached hydrogens (tertiary/aromatic N) is 4.